The van der Waals surface area contributed by atoms with E-state index in [4.69, 9.17) is 0 Å². The Bertz CT molecular complexity index is 496. The zero-order valence-electron chi connectivity index (χ0n) is 11.0. The molecular weight excluding hydrogens is 253 g/mol. The van der Waals surface area contributed by atoms with Gasteiger partial charge in [0.1, 0.15) is 10.7 Å². The summed E-state index contributed by atoms with van der Waals surface area (Å²) in [4.78, 5) is -0.270. The lowest BCUT2D eigenvalue weighted by atomic mass is 10.0. The van der Waals surface area contributed by atoms with Crippen molar-refractivity contribution in [2.45, 2.75) is 38.5 Å². The highest BCUT2D eigenvalue weighted by Crippen LogP contribution is 2.16. The van der Waals surface area contributed by atoms with Crippen LogP contribution in [0.15, 0.2) is 23.1 Å². The second kappa shape index (κ2) is 6.29. The van der Waals surface area contributed by atoms with Gasteiger partial charge in [0.2, 0.25) is 10.0 Å². The summed E-state index contributed by atoms with van der Waals surface area (Å²) < 4.78 is 40.0. The van der Waals surface area contributed by atoms with Crippen LogP contribution in [0.25, 0.3) is 0 Å². The second-order valence-electron chi connectivity index (χ2n) is 4.47. The van der Waals surface area contributed by atoms with Crippen LogP contribution in [0.4, 0.5) is 4.39 Å². The predicted molar refractivity (Wildman–Crippen MR) is 70.4 cm³/mol. The van der Waals surface area contributed by atoms with E-state index in [1.54, 1.807) is 13.0 Å². The second-order valence-corrected chi connectivity index (χ2v) is 6.20. The molecule has 0 aliphatic carbocycles. The molecule has 0 spiro atoms. The fourth-order valence-corrected chi connectivity index (χ4v) is 2.98. The highest BCUT2D eigenvalue weighted by atomic mass is 32.2. The summed E-state index contributed by atoms with van der Waals surface area (Å²) >= 11 is 0. The van der Waals surface area contributed by atoms with Gasteiger partial charge in [-0.2, -0.15) is 0 Å². The topological polar surface area (TPSA) is 46.2 Å². The molecular formula is C13H20FNO2S. The van der Waals surface area contributed by atoms with Crippen LogP contribution < -0.4 is 4.72 Å². The molecule has 5 heteroatoms. The van der Waals surface area contributed by atoms with E-state index in [2.05, 4.69) is 4.72 Å². The molecule has 0 radical (unpaired) electrons. The molecule has 0 aliphatic heterocycles. The predicted octanol–water partition coefficient (Wildman–Crippen LogP) is 2.85. The minimum absolute atomic E-state index is 0.270. The van der Waals surface area contributed by atoms with Crippen LogP contribution in [0.3, 0.4) is 0 Å². The van der Waals surface area contributed by atoms with Crippen molar-refractivity contribution in [1.82, 2.24) is 4.72 Å². The molecule has 0 aromatic heterocycles. The number of hydrogen-bond acceptors (Lipinski definition) is 2. The number of sulfonamides is 1. The first-order valence-electron chi connectivity index (χ1n) is 6.16. The molecule has 102 valence electrons. The van der Waals surface area contributed by atoms with Crippen LogP contribution >= 0.6 is 0 Å². The van der Waals surface area contributed by atoms with Crippen LogP contribution in [0.1, 0.15) is 32.3 Å². The Morgan fingerprint density at radius 3 is 2.44 bits per heavy atom. The van der Waals surface area contributed by atoms with E-state index in [0.717, 1.165) is 18.4 Å². The summed E-state index contributed by atoms with van der Waals surface area (Å²) in [5, 5.41) is 0. The molecule has 0 amide bonds. The van der Waals surface area contributed by atoms with Crippen LogP contribution in [0, 0.1) is 18.7 Å². The summed E-state index contributed by atoms with van der Waals surface area (Å²) in [6, 6.07) is 4.08. The zero-order chi connectivity index (χ0) is 13.8. The van der Waals surface area contributed by atoms with Crippen molar-refractivity contribution in [2.75, 3.05) is 6.54 Å². The minimum atomic E-state index is -3.75. The standard InChI is InChI=1S/C13H20FNO2S/c1-4-11(5-2)9-15-18(16,17)13-8-10(3)6-7-12(13)14/h6-8,11,15H,4-5,9H2,1-3H3. The molecule has 1 aromatic carbocycles. The normalized spacial score (nSPS) is 12.1. The first-order valence-corrected chi connectivity index (χ1v) is 7.64. The summed E-state index contributed by atoms with van der Waals surface area (Å²) in [7, 11) is -3.75. The van der Waals surface area contributed by atoms with Crippen molar-refractivity contribution in [1.29, 1.82) is 0 Å². The molecule has 18 heavy (non-hydrogen) atoms. The Labute approximate surface area is 108 Å². The lowest BCUT2D eigenvalue weighted by molar-refractivity contribution is 0.477. The molecule has 0 aliphatic rings. The van der Waals surface area contributed by atoms with E-state index in [1.165, 1.54) is 12.1 Å². The maximum Gasteiger partial charge on any atom is 0.243 e. The molecule has 0 unspecified atom stereocenters. The van der Waals surface area contributed by atoms with Crippen molar-refractivity contribution in [3.8, 4) is 0 Å². The SMILES string of the molecule is CCC(CC)CNS(=O)(=O)c1cc(C)ccc1F. The number of aryl methyl sites for hydroxylation is 1. The van der Waals surface area contributed by atoms with Crippen LogP contribution in [-0.2, 0) is 10.0 Å². The van der Waals surface area contributed by atoms with Gasteiger partial charge in [0, 0.05) is 6.54 Å². The number of halogens is 1. The lowest BCUT2D eigenvalue weighted by Gasteiger charge is -2.14. The largest absolute Gasteiger partial charge is 0.243 e. The van der Waals surface area contributed by atoms with E-state index >= 15 is 0 Å². The lowest BCUT2D eigenvalue weighted by Crippen LogP contribution is -2.29. The smallest absolute Gasteiger partial charge is 0.211 e. The van der Waals surface area contributed by atoms with Crippen LogP contribution in [0.5, 0.6) is 0 Å². The van der Waals surface area contributed by atoms with E-state index in [0.29, 0.717) is 6.54 Å². The number of nitrogens with one attached hydrogen (secondary N) is 1. The Morgan fingerprint density at radius 1 is 1.28 bits per heavy atom. The molecule has 1 rings (SSSR count). The molecule has 0 bridgehead atoms. The maximum atomic E-state index is 13.5. The van der Waals surface area contributed by atoms with Gasteiger partial charge < -0.3 is 0 Å². The van der Waals surface area contributed by atoms with Crippen molar-refractivity contribution in [3.63, 3.8) is 0 Å². The Kier molecular flexibility index (Phi) is 5.28. The van der Waals surface area contributed by atoms with Gasteiger partial charge in [0.25, 0.3) is 0 Å². The van der Waals surface area contributed by atoms with Crippen molar-refractivity contribution < 1.29 is 12.8 Å². The first kappa shape index (κ1) is 15.1. The van der Waals surface area contributed by atoms with Crippen LogP contribution in [0.2, 0.25) is 0 Å². The van der Waals surface area contributed by atoms with E-state index < -0.39 is 15.8 Å². The van der Waals surface area contributed by atoms with Gasteiger partial charge in [-0.1, -0.05) is 32.8 Å². The number of benzene rings is 1. The minimum Gasteiger partial charge on any atom is -0.211 e. The third kappa shape index (κ3) is 3.78. The van der Waals surface area contributed by atoms with E-state index in [-0.39, 0.29) is 10.8 Å². The molecule has 1 N–H and O–H groups in total. The Balaban J connectivity index is 2.89. The van der Waals surface area contributed by atoms with Crippen molar-refractivity contribution in [3.05, 3.63) is 29.6 Å². The van der Waals surface area contributed by atoms with E-state index in [1.807, 2.05) is 13.8 Å². The van der Waals surface area contributed by atoms with Crippen molar-refractivity contribution in [2.24, 2.45) is 5.92 Å². The monoisotopic (exact) mass is 273 g/mol. The average molecular weight is 273 g/mol. The highest BCUT2D eigenvalue weighted by Gasteiger charge is 2.19. The molecule has 0 atom stereocenters. The summed E-state index contributed by atoms with van der Waals surface area (Å²) in [5.74, 6) is -0.426. The van der Waals surface area contributed by atoms with Gasteiger partial charge in [0.05, 0.1) is 0 Å². The third-order valence-electron chi connectivity index (χ3n) is 3.09. The molecule has 0 fully saturated rings. The summed E-state index contributed by atoms with van der Waals surface area (Å²) in [6.45, 7) is 6.10. The fraction of sp³-hybridized carbons (Fsp3) is 0.538. The zero-order valence-corrected chi connectivity index (χ0v) is 11.8. The molecule has 0 heterocycles. The number of rotatable bonds is 6. The summed E-state index contributed by atoms with van der Waals surface area (Å²) in [5.41, 5.74) is 0.722. The molecule has 0 saturated carbocycles. The van der Waals surface area contributed by atoms with Gasteiger partial charge in [0.15, 0.2) is 0 Å². The Morgan fingerprint density at radius 2 is 1.89 bits per heavy atom. The summed E-state index contributed by atoms with van der Waals surface area (Å²) in [6.07, 6.45) is 1.80. The van der Waals surface area contributed by atoms with Crippen LogP contribution in [-0.4, -0.2) is 15.0 Å². The van der Waals surface area contributed by atoms with Gasteiger partial charge in [-0.25, -0.2) is 17.5 Å². The van der Waals surface area contributed by atoms with Gasteiger partial charge in [-0.15, -0.1) is 0 Å². The average Bonchev–Trinajstić information content (AvgIpc) is 2.33. The quantitative estimate of drug-likeness (QED) is 0.866. The number of hydrogen-bond donors (Lipinski definition) is 1. The maximum absolute atomic E-state index is 13.5. The third-order valence-corrected chi connectivity index (χ3v) is 4.53. The Hall–Kier alpha value is -0.940. The van der Waals surface area contributed by atoms with Crippen molar-refractivity contribution >= 4 is 10.0 Å². The molecule has 3 nitrogen and oxygen atoms in total. The molecule has 1 aromatic rings. The van der Waals surface area contributed by atoms with Gasteiger partial charge in [-0.3, -0.25) is 0 Å². The highest BCUT2D eigenvalue weighted by molar-refractivity contribution is 7.89. The molecule has 0 saturated heterocycles. The van der Waals surface area contributed by atoms with Gasteiger partial charge in [-0.05, 0) is 30.5 Å². The van der Waals surface area contributed by atoms with Gasteiger partial charge >= 0.3 is 0 Å². The fourth-order valence-electron chi connectivity index (χ4n) is 1.70. The van der Waals surface area contributed by atoms with E-state index in [9.17, 15) is 12.8 Å². The first-order chi connectivity index (χ1) is 8.40.